The van der Waals surface area contributed by atoms with E-state index in [4.69, 9.17) is 0 Å². The Morgan fingerprint density at radius 3 is 2.59 bits per heavy atom. The van der Waals surface area contributed by atoms with Crippen molar-refractivity contribution in [1.29, 1.82) is 0 Å². The van der Waals surface area contributed by atoms with Crippen LogP contribution in [0.25, 0.3) is 0 Å². The molecule has 1 aliphatic carbocycles. The smallest absolute Gasteiger partial charge is 0.00818 e. The summed E-state index contributed by atoms with van der Waals surface area (Å²) in [6.07, 6.45) is 9.99. The van der Waals surface area contributed by atoms with Crippen molar-refractivity contribution in [3.63, 3.8) is 0 Å². The lowest BCUT2D eigenvalue weighted by Crippen LogP contribution is -2.47. The predicted molar refractivity (Wildman–Crippen MR) is 74.3 cm³/mol. The molecule has 2 aliphatic rings. The largest absolute Gasteiger partial charge is 0.311 e. The van der Waals surface area contributed by atoms with Gasteiger partial charge in [0.2, 0.25) is 0 Å². The van der Waals surface area contributed by atoms with Gasteiger partial charge in [0, 0.05) is 18.6 Å². The van der Waals surface area contributed by atoms with Crippen LogP contribution in [-0.4, -0.2) is 36.6 Å². The number of hydrogen-bond donors (Lipinski definition) is 1. The lowest BCUT2D eigenvalue weighted by atomic mass is 9.89. The summed E-state index contributed by atoms with van der Waals surface area (Å²) in [5.74, 6) is 0.880. The molecule has 2 heteroatoms. The van der Waals surface area contributed by atoms with Crippen LogP contribution in [0.4, 0.5) is 0 Å². The van der Waals surface area contributed by atoms with Crippen molar-refractivity contribution in [2.45, 2.75) is 70.9 Å². The Morgan fingerprint density at radius 2 is 1.88 bits per heavy atom. The number of piperidine rings is 1. The Hall–Kier alpha value is -0.0800. The van der Waals surface area contributed by atoms with Crippen LogP contribution in [0, 0.1) is 5.92 Å². The summed E-state index contributed by atoms with van der Waals surface area (Å²) >= 11 is 0. The number of nitrogens with one attached hydrogen (secondary N) is 1. The molecule has 17 heavy (non-hydrogen) atoms. The highest BCUT2D eigenvalue weighted by Crippen LogP contribution is 2.23. The quantitative estimate of drug-likeness (QED) is 0.810. The molecule has 2 unspecified atom stereocenters. The Kier molecular flexibility index (Phi) is 5.30. The SMILES string of the molecule is CCN1CCCC(C(C)NC2CCCCC2)C1. The Morgan fingerprint density at radius 1 is 1.12 bits per heavy atom. The summed E-state index contributed by atoms with van der Waals surface area (Å²) in [6, 6.07) is 1.53. The maximum atomic E-state index is 3.91. The van der Waals surface area contributed by atoms with Gasteiger partial charge in [0.05, 0.1) is 0 Å². The summed E-state index contributed by atoms with van der Waals surface area (Å²) in [5.41, 5.74) is 0. The van der Waals surface area contributed by atoms with Crippen LogP contribution in [0.5, 0.6) is 0 Å². The molecule has 1 heterocycles. The van der Waals surface area contributed by atoms with E-state index < -0.39 is 0 Å². The van der Waals surface area contributed by atoms with Crippen LogP contribution in [0.1, 0.15) is 58.8 Å². The van der Waals surface area contributed by atoms with E-state index in [2.05, 4.69) is 24.1 Å². The maximum absolute atomic E-state index is 3.91. The third kappa shape index (κ3) is 3.96. The lowest BCUT2D eigenvalue weighted by Gasteiger charge is -2.37. The van der Waals surface area contributed by atoms with E-state index in [1.54, 1.807) is 0 Å². The zero-order valence-corrected chi connectivity index (χ0v) is 11.8. The molecule has 100 valence electrons. The first kappa shape index (κ1) is 13.4. The second-order valence-corrected chi connectivity index (χ2v) is 6.09. The second-order valence-electron chi connectivity index (χ2n) is 6.09. The zero-order chi connectivity index (χ0) is 12.1. The fourth-order valence-corrected chi connectivity index (χ4v) is 3.56. The van der Waals surface area contributed by atoms with Gasteiger partial charge in [-0.1, -0.05) is 26.2 Å². The van der Waals surface area contributed by atoms with Crippen molar-refractivity contribution < 1.29 is 0 Å². The monoisotopic (exact) mass is 238 g/mol. The minimum atomic E-state index is 0.715. The van der Waals surface area contributed by atoms with E-state index in [1.165, 1.54) is 64.6 Å². The first-order chi connectivity index (χ1) is 8.29. The van der Waals surface area contributed by atoms with Gasteiger partial charge in [-0.2, -0.15) is 0 Å². The average Bonchev–Trinajstić information content (AvgIpc) is 2.40. The van der Waals surface area contributed by atoms with Crippen molar-refractivity contribution in [3.05, 3.63) is 0 Å². The number of rotatable bonds is 4. The fraction of sp³-hybridized carbons (Fsp3) is 1.00. The summed E-state index contributed by atoms with van der Waals surface area (Å²) in [5, 5.41) is 3.91. The summed E-state index contributed by atoms with van der Waals surface area (Å²) in [6.45, 7) is 8.58. The van der Waals surface area contributed by atoms with Gasteiger partial charge >= 0.3 is 0 Å². The van der Waals surface area contributed by atoms with Crippen molar-refractivity contribution in [2.75, 3.05) is 19.6 Å². The molecular weight excluding hydrogens is 208 g/mol. The molecule has 2 nitrogen and oxygen atoms in total. The van der Waals surface area contributed by atoms with Crippen LogP contribution in [-0.2, 0) is 0 Å². The summed E-state index contributed by atoms with van der Waals surface area (Å²) in [7, 11) is 0. The molecule has 1 N–H and O–H groups in total. The number of nitrogens with zero attached hydrogens (tertiary/aromatic N) is 1. The standard InChI is InChI=1S/C15H30N2/c1-3-17-11-7-8-14(12-17)13(2)16-15-9-5-4-6-10-15/h13-16H,3-12H2,1-2H3. The van der Waals surface area contributed by atoms with Gasteiger partial charge in [-0.15, -0.1) is 0 Å². The molecule has 2 fully saturated rings. The summed E-state index contributed by atoms with van der Waals surface area (Å²) in [4.78, 5) is 2.62. The molecule has 1 saturated carbocycles. The van der Waals surface area contributed by atoms with E-state index in [0.29, 0.717) is 6.04 Å². The lowest BCUT2D eigenvalue weighted by molar-refractivity contribution is 0.149. The third-order valence-corrected chi connectivity index (χ3v) is 4.80. The third-order valence-electron chi connectivity index (χ3n) is 4.80. The van der Waals surface area contributed by atoms with E-state index in [9.17, 15) is 0 Å². The van der Waals surface area contributed by atoms with Crippen LogP contribution in [0.2, 0.25) is 0 Å². The first-order valence-corrected chi connectivity index (χ1v) is 7.78. The van der Waals surface area contributed by atoms with Crippen molar-refractivity contribution >= 4 is 0 Å². The highest BCUT2D eigenvalue weighted by molar-refractivity contribution is 4.83. The number of hydrogen-bond acceptors (Lipinski definition) is 2. The normalized spacial score (nSPS) is 30.4. The molecular formula is C15H30N2. The maximum Gasteiger partial charge on any atom is 0.00818 e. The molecule has 0 aromatic rings. The molecule has 2 atom stereocenters. The van der Waals surface area contributed by atoms with Gasteiger partial charge < -0.3 is 10.2 Å². The Labute approximate surface area is 107 Å². The molecule has 0 bridgehead atoms. The van der Waals surface area contributed by atoms with Crippen molar-refractivity contribution in [1.82, 2.24) is 10.2 Å². The topological polar surface area (TPSA) is 15.3 Å². The van der Waals surface area contributed by atoms with Crippen LogP contribution in [0.3, 0.4) is 0 Å². The minimum absolute atomic E-state index is 0.715. The number of likely N-dealkylation sites (tertiary alicyclic amines) is 1. The molecule has 1 aliphatic heterocycles. The van der Waals surface area contributed by atoms with Crippen LogP contribution in [0.15, 0.2) is 0 Å². The van der Waals surface area contributed by atoms with E-state index in [0.717, 1.165) is 12.0 Å². The average molecular weight is 238 g/mol. The van der Waals surface area contributed by atoms with Crippen molar-refractivity contribution in [2.24, 2.45) is 5.92 Å². The minimum Gasteiger partial charge on any atom is -0.311 e. The van der Waals surface area contributed by atoms with Gasteiger partial charge in [-0.05, 0) is 51.6 Å². The Balaban J connectivity index is 1.75. The van der Waals surface area contributed by atoms with E-state index in [-0.39, 0.29) is 0 Å². The Bertz CT molecular complexity index is 211. The van der Waals surface area contributed by atoms with Crippen LogP contribution < -0.4 is 5.32 Å². The van der Waals surface area contributed by atoms with E-state index in [1.807, 2.05) is 0 Å². The first-order valence-electron chi connectivity index (χ1n) is 7.78. The summed E-state index contributed by atoms with van der Waals surface area (Å²) < 4.78 is 0. The van der Waals surface area contributed by atoms with Crippen molar-refractivity contribution in [3.8, 4) is 0 Å². The molecule has 1 saturated heterocycles. The van der Waals surface area contributed by atoms with E-state index >= 15 is 0 Å². The molecule has 0 amide bonds. The van der Waals surface area contributed by atoms with Gasteiger partial charge in [0.1, 0.15) is 0 Å². The fourth-order valence-electron chi connectivity index (χ4n) is 3.56. The molecule has 0 radical (unpaired) electrons. The van der Waals surface area contributed by atoms with Gasteiger partial charge in [0.15, 0.2) is 0 Å². The highest BCUT2D eigenvalue weighted by Gasteiger charge is 2.25. The molecule has 0 aromatic carbocycles. The van der Waals surface area contributed by atoms with Gasteiger partial charge in [-0.25, -0.2) is 0 Å². The zero-order valence-electron chi connectivity index (χ0n) is 11.8. The van der Waals surface area contributed by atoms with Gasteiger partial charge in [-0.3, -0.25) is 0 Å². The highest BCUT2D eigenvalue weighted by atomic mass is 15.1. The molecule has 2 rings (SSSR count). The van der Waals surface area contributed by atoms with Crippen LogP contribution >= 0.6 is 0 Å². The second kappa shape index (κ2) is 6.75. The molecule has 0 spiro atoms. The molecule has 0 aromatic heterocycles. The predicted octanol–water partition coefficient (Wildman–Crippen LogP) is 3.03. The van der Waals surface area contributed by atoms with Gasteiger partial charge in [0.25, 0.3) is 0 Å².